The van der Waals surface area contributed by atoms with Gasteiger partial charge in [-0.3, -0.25) is 4.79 Å². The molecule has 0 aliphatic carbocycles. The van der Waals surface area contributed by atoms with Crippen molar-refractivity contribution >= 4 is 23.6 Å². The lowest BCUT2D eigenvalue weighted by atomic mass is 9.99. The maximum absolute atomic E-state index is 11.9. The van der Waals surface area contributed by atoms with Gasteiger partial charge < -0.3 is 10.4 Å². The molecule has 1 atom stereocenters. The Bertz CT molecular complexity index is 432. The molecular weight excluding hydrogens is 242 g/mol. The second-order valence-corrected chi connectivity index (χ2v) is 4.88. The van der Waals surface area contributed by atoms with Gasteiger partial charge in [0.2, 0.25) is 0 Å². The summed E-state index contributed by atoms with van der Waals surface area (Å²) >= 11 is 1.52. The number of amides is 1. The van der Waals surface area contributed by atoms with Gasteiger partial charge in [-0.1, -0.05) is 0 Å². The lowest BCUT2D eigenvalue weighted by Gasteiger charge is -2.24. The first-order valence-corrected chi connectivity index (χ1v) is 6.20. The minimum Gasteiger partial charge on any atom is -0.479 e. The van der Waals surface area contributed by atoms with Crippen molar-refractivity contribution < 1.29 is 14.7 Å². The highest BCUT2D eigenvalue weighted by molar-refractivity contribution is 7.99. The first-order chi connectivity index (χ1) is 8.14. The van der Waals surface area contributed by atoms with Crippen molar-refractivity contribution in [2.24, 2.45) is 0 Å². The van der Waals surface area contributed by atoms with E-state index in [-0.39, 0.29) is 0 Å². The van der Waals surface area contributed by atoms with Crippen LogP contribution in [0.4, 0.5) is 0 Å². The van der Waals surface area contributed by atoms with Crippen LogP contribution < -0.4 is 5.32 Å². The van der Waals surface area contributed by atoms with Crippen LogP contribution in [0, 0.1) is 0 Å². The average molecular weight is 253 g/mol. The Kier molecular flexibility index (Phi) is 3.28. The third-order valence-corrected chi connectivity index (χ3v) is 3.82. The molecule has 0 spiro atoms. The maximum atomic E-state index is 11.9. The van der Waals surface area contributed by atoms with Crippen molar-refractivity contribution in [1.29, 1.82) is 0 Å². The third kappa shape index (κ3) is 2.38. The Balaban J connectivity index is 2.15. The molecule has 1 aliphatic rings. The second-order valence-electron chi connectivity index (χ2n) is 3.78. The molecule has 1 aromatic rings. The van der Waals surface area contributed by atoms with Crippen LogP contribution in [0.15, 0.2) is 18.5 Å². The molecule has 1 unspecified atom stereocenters. The Labute approximate surface area is 102 Å². The number of carbonyl (C=O) groups excluding carboxylic acids is 1. The standard InChI is InChI=1S/C10H11N3O3S/c14-8(7-1-3-11-12-5-7)13-10(9(15)16)2-4-17-6-10/h1,3,5H,2,4,6H2,(H,13,14)(H,15,16). The summed E-state index contributed by atoms with van der Waals surface area (Å²) in [4.78, 5) is 23.1. The van der Waals surface area contributed by atoms with E-state index in [0.717, 1.165) is 5.75 Å². The molecule has 0 saturated carbocycles. The first-order valence-electron chi connectivity index (χ1n) is 5.04. The number of hydrogen-bond acceptors (Lipinski definition) is 5. The first kappa shape index (κ1) is 11.8. The summed E-state index contributed by atoms with van der Waals surface area (Å²) in [5, 5.41) is 18.9. The van der Waals surface area contributed by atoms with Gasteiger partial charge in [-0.25, -0.2) is 4.79 Å². The zero-order valence-corrected chi connectivity index (χ0v) is 9.74. The van der Waals surface area contributed by atoms with Crippen molar-refractivity contribution in [3.05, 3.63) is 24.0 Å². The highest BCUT2D eigenvalue weighted by Gasteiger charge is 2.43. The minimum atomic E-state index is -1.15. The summed E-state index contributed by atoms with van der Waals surface area (Å²) in [6.07, 6.45) is 3.15. The number of carboxylic acids is 1. The second kappa shape index (κ2) is 4.70. The van der Waals surface area contributed by atoms with Gasteiger partial charge in [0.1, 0.15) is 5.54 Å². The highest BCUT2D eigenvalue weighted by atomic mass is 32.2. The lowest BCUT2D eigenvalue weighted by molar-refractivity contribution is -0.143. The molecule has 2 heterocycles. The number of aromatic nitrogens is 2. The smallest absolute Gasteiger partial charge is 0.330 e. The molecular formula is C10H11N3O3S. The van der Waals surface area contributed by atoms with Gasteiger partial charge >= 0.3 is 5.97 Å². The molecule has 2 rings (SSSR count). The van der Waals surface area contributed by atoms with E-state index < -0.39 is 17.4 Å². The van der Waals surface area contributed by atoms with Gasteiger partial charge in [-0.05, 0) is 18.2 Å². The summed E-state index contributed by atoms with van der Waals surface area (Å²) < 4.78 is 0. The van der Waals surface area contributed by atoms with Gasteiger partial charge in [-0.2, -0.15) is 22.0 Å². The van der Waals surface area contributed by atoms with Crippen molar-refractivity contribution in [1.82, 2.24) is 15.5 Å². The van der Waals surface area contributed by atoms with Crippen molar-refractivity contribution in [2.45, 2.75) is 12.0 Å². The van der Waals surface area contributed by atoms with Crippen LogP contribution in [0.3, 0.4) is 0 Å². The number of rotatable bonds is 3. The fourth-order valence-corrected chi connectivity index (χ4v) is 2.93. The monoisotopic (exact) mass is 253 g/mol. The molecule has 0 aromatic carbocycles. The maximum Gasteiger partial charge on any atom is 0.330 e. The molecule has 1 fully saturated rings. The molecule has 1 saturated heterocycles. The van der Waals surface area contributed by atoms with E-state index in [1.807, 2.05) is 0 Å². The zero-order valence-electron chi connectivity index (χ0n) is 8.92. The Morgan fingerprint density at radius 2 is 2.29 bits per heavy atom. The summed E-state index contributed by atoms with van der Waals surface area (Å²) in [6.45, 7) is 0. The SMILES string of the molecule is O=C(NC1(C(=O)O)CCSC1)c1ccnnc1. The summed E-state index contributed by atoms with van der Waals surface area (Å²) in [6, 6.07) is 1.50. The van der Waals surface area contributed by atoms with Crippen molar-refractivity contribution in [3.8, 4) is 0 Å². The quantitative estimate of drug-likeness (QED) is 0.797. The molecule has 7 heteroatoms. The van der Waals surface area contributed by atoms with Crippen LogP contribution in [-0.2, 0) is 4.79 Å². The van der Waals surface area contributed by atoms with Gasteiger partial charge in [-0.15, -0.1) is 0 Å². The molecule has 1 aliphatic heterocycles. The summed E-state index contributed by atoms with van der Waals surface area (Å²) in [5.41, 5.74) is -0.831. The van der Waals surface area contributed by atoms with E-state index >= 15 is 0 Å². The number of carboxylic acid groups (broad SMARTS) is 1. The van der Waals surface area contributed by atoms with Gasteiger partial charge in [0.15, 0.2) is 0 Å². The number of nitrogens with zero attached hydrogens (tertiary/aromatic N) is 2. The number of aliphatic carboxylic acids is 1. The van der Waals surface area contributed by atoms with E-state index in [4.69, 9.17) is 0 Å². The topological polar surface area (TPSA) is 92.2 Å². The molecule has 1 aromatic heterocycles. The van der Waals surface area contributed by atoms with Crippen molar-refractivity contribution in [2.75, 3.05) is 11.5 Å². The van der Waals surface area contributed by atoms with Gasteiger partial charge in [0.05, 0.1) is 18.0 Å². The number of carbonyl (C=O) groups is 2. The molecule has 2 N–H and O–H groups in total. The summed E-state index contributed by atoms with van der Waals surface area (Å²) in [7, 11) is 0. The van der Waals surface area contributed by atoms with E-state index in [2.05, 4.69) is 15.5 Å². The predicted octanol–water partition coefficient (Wildman–Crippen LogP) is 0.167. The number of nitrogens with one attached hydrogen (secondary N) is 1. The Hall–Kier alpha value is -1.63. The number of thioether (sulfide) groups is 1. The largest absolute Gasteiger partial charge is 0.479 e. The van der Waals surface area contributed by atoms with Crippen LogP contribution in [-0.4, -0.2) is 44.2 Å². The Morgan fingerprint density at radius 3 is 2.82 bits per heavy atom. The molecule has 6 nitrogen and oxygen atoms in total. The molecule has 0 radical (unpaired) electrons. The van der Waals surface area contributed by atoms with E-state index in [0.29, 0.717) is 17.7 Å². The predicted molar refractivity (Wildman–Crippen MR) is 61.8 cm³/mol. The van der Waals surface area contributed by atoms with E-state index in [1.165, 1.54) is 30.2 Å². The van der Waals surface area contributed by atoms with Crippen LogP contribution in [0.5, 0.6) is 0 Å². The van der Waals surface area contributed by atoms with Crippen LogP contribution in [0.2, 0.25) is 0 Å². The molecule has 17 heavy (non-hydrogen) atoms. The third-order valence-electron chi connectivity index (χ3n) is 2.63. The van der Waals surface area contributed by atoms with Crippen molar-refractivity contribution in [3.63, 3.8) is 0 Å². The van der Waals surface area contributed by atoms with Crippen LogP contribution in [0.1, 0.15) is 16.8 Å². The van der Waals surface area contributed by atoms with E-state index in [9.17, 15) is 14.7 Å². The molecule has 0 bridgehead atoms. The summed E-state index contributed by atoms with van der Waals surface area (Å²) in [5.74, 6) is -0.281. The van der Waals surface area contributed by atoms with Gasteiger partial charge in [0, 0.05) is 5.75 Å². The highest BCUT2D eigenvalue weighted by Crippen LogP contribution is 2.28. The Morgan fingerprint density at radius 1 is 1.47 bits per heavy atom. The minimum absolute atomic E-state index is 0.317. The van der Waals surface area contributed by atoms with E-state index in [1.54, 1.807) is 0 Å². The average Bonchev–Trinajstić information content (AvgIpc) is 2.80. The van der Waals surface area contributed by atoms with Crippen LogP contribution >= 0.6 is 11.8 Å². The van der Waals surface area contributed by atoms with Gasteiger partial charge in [0.25, 0.3) is 5.91 Å². The molecule has 90 valence electrons. The molecule has 1 amide bonds. The normalized spacial score (nSPS) is 23.3. The number of hydrogen-bond donors (Lipinski definition) is 2. The zero-order chi connectivity index (χ0) is 12.3. The fourth-order valence-electron chi connectivity index (χ4n) is 1.60. The fraction of sp³-hybridized carbons (Fsp3) is 0.400. The van der Waals surface area contributed by atoms with Crippen LogP contribution in [0.25, 0.3) is 0 Å². The lowest BCUT2D eigenvalue weighted by Crippen LogP contribution is -2.54.